The monoisotopic (exact) mass is 522 g/mol. The summed E-state index contributed by atoms with van der Waals surface area (Å²) in [6, 6.07) is 5.29. The van der Waals surface area contributed by atoms with E-state index in [1.165, 1.54) is 11.1 Å². The van der Waals surface area contributed by atoms with Gasteiger partial charge in [-0.15, -0.1) is 11.8 Å². The van der Waals surface area contributed by atoms with Gasteiger partial charge in [0.15, 0.2) is 6.29 Å². The van der Waals surface area contributed by atoms with E-state index in [-0.39, 0.29) is 36.1 Å². The van der Waals surface area contributed by atoms with Crippen molar-refractivity contribution in [3.05, 3.63) is 40.7 Å². The standard InChI is InChI=1S/C25H26N6O5S/c1-35-19-8-21(19)37-20-9-22(27-11-17(20)10-26)29-25(34)31-4-2-3-15-7-16(18(13-32)28-24(15)31)12-30-5-6-36-14-23(30)33/h7,9,11,13,19,21H,2-6,8,12,14H2,1H3,(H,27,29,34). The van der Waals surface area contributed by atoms with Crippen LogP contribution in [0.25, 0.3) is 0 Å². The zero-order chi connectivity index (χ0) is 25.9. The predicted molar refractivity (Wildman–Crippen MR) is 135 cm³/mol. The maximum atomic E-state index is 13.3. The van der Waals surface area contributed by atoms with Crippen molar-refractivity contribution in [1.29, 1.82) is 5.26 Å². The minimum absolute atomic E-state index is 0.0277. The number of aromatic nitrogens is 2. The van der Waals surface area contributed by atoms with Gasteiger partial charge in [0.05, 0.1) is 18.3 Å². The quantitative estimate of drug-likeness (QED) is 0.543. The van der Waals surface area contributed by atoms with Crippen LogP contribution in [0.3, 0.4) is 0 Å². The number of ether oxygens (including phenoxy) is 2. The highest BCUT2D eigenvalue weighted by molar-refractivity contribution is 8.00. The number of nitriles is 1. The molecule has 1 saturated carbocycles. The third-order valence-electron chi connectivity index (χ3n) is 6.56. The first kappa shape index (κ1) is 25.1. The van der Waals surface area contributed by atoms with Gasteiger partial charge in [0.25, 0.3) is 0 Å². The number of amides is 3. The summed E-state index contributed by atoms with van der Waals surface area (Å²) < 4.78 is 10.5. The van der Waals surface area contributed by atoms with Gasteiger partial charge in [-0.2, -0.15) is 5.26 Å². The van der Waals surface area contributed by atoms with E-state index in [0.717, 1.165) is 23.3 Å². The fourth-order valence-corrected chi connectivity index (χ4v) is 5.74. The van der Waals surface area contributed by atoms with Crippen molar-refractivity contribution in [3.8, 4) is 6.07 Å². The maximum absolute atomic E-state index is 13.3. The van der Waals surface area contributed by atoms with Crippen LogP contribution in [-0.2, 0) is 27.2 Å². The number of pyridine rings is 2. The van der Waals surface area contributed by atoms with Crippen molar-refractivity contribution in [2.45, 2.75) is 42.1 Å². The van der Waals surface area contributed by atoms with Gasteiger partial charge in [-0.05, 0) is 37.0 Å². The Hall–Kier alpha value is -3.53. The molecule has 2 aromatic heterocycles. The van der Waals surface area contributed by atoms with Crippen molar-refractivity contribution in [2.75, 3.05) is 43.6 Å². The van der Waals surface area contributed by atoms with E-state index in [1.807, 2.05) is 6.07 Å². The highest BCUT2D eigenvalue weighted by Crippen LogP contribution is 2.43. The van der Waals surface area contributed by atoms with E-state index >= 15 is 0 Å². The molecule has 192 valence electrons. The van der Waals surface area contributed by atoms with Gasteiger partial charge in [-0.3, -0.25) is 19.8 Å². The summed E-state index contributed by atoms with van der Waals surface area (Å²) >= 11 is 1.54. The number of rotatable bonds is 7. The van der Waals surface area contributed by atoms with Gasteiger partial charge in [-0.1, -0.05) is 0 Å². The van der Waals surface area contributed by atoms with Gasteiger partial charge >= 0.3 is 6.03 Å². The molecule has 2 unspecified atom stereocenters. The van der Waals surface area contributed by atoms with Crippen LogP contribution in [0.2, 0.25) is 0 Å². The maximum Gasteiger partial charge on any atom is 0.328 e. The third-order valence-corrected chi connectivity index (χ3v) is 7.95. The van der Waals surface area contributed by atoms with Crippen molar-refractivity contribution < 1.29 is 23.9 Å². The van der Waals surface area contributed by atoms with Crippen LogP contribution in [0.4, 0.5) is 16.4 Å². The molecule has 2 aliphatic heterocycles. The van der Waals surface area contributed by atoms with E-state index < -0.39 is 6.03 Å². The van der Waals surface area contributed by atoms with Crippen LogP contribution >= 0.6 is 11.8 Å². The molecule has 11 nitrogen and oxygen atoms in total. The number of carbonyl (C=O) groups is 3. The van der Waals surface area contributed by atoms with Crippen molar-refractivity contribution in [3.63, 3.8) is 0 Å². The number of aryl methyl sites for hydroxylation is 1. The zero-order valence-electron chi connectivity index (χ0n) is 20.3. The van der Waals surface area contributed by atoms with Crippen molar-refractivity contribution in [2.24, 2.45) is 0 Å². The van der Waals surface area contributed by atoms with Gasteiger partial charge in [0, 0.05) is 48.6 Å². The second-order valence-corrected chi connectivity index (χ2v) is 10.3. The number of morpholine rings is 1. The lowest BCUT2D eigenvalue weighted by Gasteiger charge is -2.30. The fourth-order valence-electron chi connectivity index (χ4n) is 4.46. The first-order valence-electron chi connectivity index (χ1n) is 12.0. The van der Waals surface area contributed by atoms with Gasteiger partial charge in [0.1, 0.15) is 30.0 Å². The smallest absolute Gasteiger partial charge is 0.328 e. The summed E-state index contributed by atoms with van der Waals surface area (Å²) in [5.74, 6) is 0.618. The zero-order valence-corrected chi connectivity index (χ0v) is 21.1. The molecule has 0 aromatic carbocycles. The third kappa shape index (κ3) is 5.44. The number of nitrogens with one attached hydrogen (secondary N) is 1. The summed E-state index contributed by atoms with van der Waals surface area (Å²) in [7, 11) is 1.67. The second kappa shape index (κ2) is 10.8. The number of anilines is 2. The number of urea groups is 1. The molecule has 5 rings (SSSR count). The average Bonchev–Trinajstić information content (AvgIpc) is 3.67. The molecular formula is C25H26N6O5S. The van der Waals surface area contributed by atoms with Crippen molar-refractivity contribution >= 4 is 41.6 Å². The largest absolute Gasteiger partial charge is 0.380 e. The van der Waals surface area contributed by atoms with Crippen molar-refractivity contribution in [1.82, 2.24) is 14.9 Å². The average molecular weight is 523 g/mol. The van der Waals surface area contributed by atoms with Crippen LogP contribution < -0.4 is 10.2 Å². The highest BCUT2D eigenvalue weighted by Gasteiger charge is 2.39. The number of methoxy groups -OCH3 is 1. The first-order chi connectivity index (χ1) is 18.0. The summed E-state index contributed by atoms with van der Waals surface area (Å²) in [6.45, 7) is 1.63. The molecule has 2 aromatic rings. The molecule has 0 radical (unpaired) electrons. The second-order valence-electron chi connectivity index (χ2n) is 9.03. The summed E-state index contributed by atoms with van der Waals surface area (Å²) in [6.07, 6.45) is 4.61. The molecule has 2 fully saturated rings. The highest BCUT2D eigenvalue weighted by atomic mass is 32.2. The van der Waals surface area contributed by atoms with Crippen LogP contribution in [-0.4, -0.2) is 77.9 Å². The molecule has 4 heterocycles. The topological polar surface area (TPSA) is 138 Å². The molecule has 2 atom stereocenters. The number of thioether (sulfide) groups is 1. The molecule has 12 heteroatoms. The number of fused-ring (bicyclic) bond motifs is 1. The molecule has 1 N–H and O–H groups in total. The molecule has 1 saturated heterocycles. The van der Waals surface area contributed by atoms with Crippen LogP contribution in [0.1, 0.15) is 40.0 Å². The first-order valence-corrected chi connectivity index (χ1v) is 12.9. The lowest BCUT2D eigenvalue weighted by Crippen LogP contribution is -2.42. The van der Waals surface area contributed by atoms with E-state index in [0.29, 0.717) is 55.2 Å². The molecular weight excluding hydrogens is 496 g/mol. The van der Waals surface area contributed by atoms with E-state index in [4.69, 9.17) is 9.47 Å². The molecule has 37 heavy (non-hydrogen) atoms. The Kier molecular flexibility index (Phi) is 7.36. The normalized spacial score (nSPS) is 20.7. The van der Waals surface area contributed by atoms with E-state index in [2.05, 4.69) is 21.4 Å². The molecule has 3 aliphatic rings. The molecule has 3 amide bonds. The van der Waals surface area contributed by atoms with Crippen LogP contribution in [0.5, 0.6) is 0 Å². The Morgan fingerprint density at radius 3 is 3.00 bits per heavy atom. The number of hydrogen-bond donors (Lipinski definition) is 1. The summed E-state index contributed by atoms with van der Waals surface area (Å²) in [4.78, 5) is 50.0. The SMILES string of the molecule is COC1CC1Sc1cc(NC(=O)N2CCCc3cc(CN4CCOCC4=O)c(C=O)nc32)ncc1C#N. The van der Waals surface area contributed by atoms with E-state index in [1.54, 1.807) is 29.8 Å². The Morgan fingerprint density at radius 2 is 2.27 bits per heavy atom. The minimum atomic E-state index is -0.421. The van der Waals surface area contributed by atoms with Crippen LogP contribution in [0.15, 0.2) is 23.2 Å². The van der Waals surface area contributed by atoms with Gasteiger partial charge in [0.2, 0.25) is 5.91 Å². The lowest BCUT2D eigenvalue weighted by molar-refractivity contribution is -0.143. The molecule has 1 aliphatic carbocycles. The minimum Gasteiger partial charge on any atom is -0.380 e. The number of carbonyl (C=O) groups excluding carboxylic acids is 3. The van der Waals surface area contributed by atoms with E-state index in [9.17, 15) is 19.6 Å². The number of aldehydes is 1. The lowest BCUT2D eigenvalue weighted by atomic mass is 10.0. The Labute approximate surface area is 218 Å². The van der Waals surface area contributed by atoms with Gasteiger partial charge < -0.3 is 14.4 Å². The predicted octanol–water partition coefficient (Wildman–Crippen LogP) is 2.38. The van der Waals surface area contributed by atoms with Crippen LogP contribution in [0, 0.1) is 11.3 Å². The fraction of sp³-hybridized carbons (Fsp3) is 0.440. The molecule has 0 bridgehead atoms. The summed E-state index contributed by atoms with van der Waals surface area (Å²) in [5, 5.41) is 12.5. The Morgan fingerprint density at radius 1 is 1.41 bits per heavy atom. The number of nitrogens with zero attached hydrogens (tertiary/aromatic N) is 5. The molecule has 0 spiro atoms. The Balaban J connectivity index is 1.35. The van der Waals surface area contributed by atoms with Gasteiger partial charge in [-0.25, -0.2) is 14.8 Å². The Bertz CT molecular complexity index is 1280. The number of hydrogen-bond acceptors (Lipinski definition) is 9. The summed E-state index contributed by atoms with van der Waals surface area (Å²) in [5.41, 5.74) is 2.13.